The van der Waals surface area contributed by atoms with Gasteiger partial charge in [-0.3, -0.25) is 0 Å². The number of alkyl halides is 2. The summed E-state index contributed by atoms with van der Waals surface area (Å²) in [7, 11) is -2.33. The van der Waals surface area contributed by atoms with Crippen molar-refractivity contribution in [3.8, 4) is 17.2 Å². The van der Waals surface area contributed by atoms with E-state index in [9.17, 15) is 8.78 Å². The number of hydrogen-bond acceptors (Lipinski definition) is 3. The van der Waals surface area contributed by atoms with E-state index in [1.165, 1.54) is 6.08 Å². The Morgan fingerprint density at radius 2 is 1.56 bits per heavy atom. The average Bonchev–Trinajstić information content (AvgIpc) is 2.79. The largest absolute Gasteiger partial charge is 0.586 e. The van der Waals surface area contributed by atoms with Gasteiger partial charge in [-0.1, -0.05) is 54.2 Å². The van der Waals surface area contributed by atoms with Crippen LogP contribution >= 0.6 is 22.6 Å². The third-order valence-electron chi connectivity index (χ3n) is 4.82. The zero-order chi connectivity index (χ0) is 19.2. The molecule has 25 heavy (non-hydrogen) atoms. The molecule has 0 spiro atoms. The Kier molecular flexibility index (Phi) is 5.78. The minimum absolute atomic E-state index is 0.00501. The van der Waals surface area contributed by atoms with E-state index in [0.29, 0.717) is 31.5 Å². The fourth-order valence-corrected chi connectivity index (χ4v) is 10.0. The first-order valence-corrected chi connectivity index (χ1v) is 11.6. The summed E-state index contributed by atoms with van der Waals surface area (Å²) in [5.41, 5.74) is 1.39. The highest BCUT2D eigenvalue weighted by Gasteiger charge is 2.51. The molecule has 0 bridgehead atoms. The Morgan fingerprint density at radius 3 is 2.00 bits per heavy atom. The van der Waals surface area contributed by atoms with Crippen molar-refractivity contribution in [2.24, 2.45) is 0 Å². The highest BCUT2D eigenvalue weighted by molar-refractivity contribution is 14.1. The van der Waals surface area contributed by atoms with Crippen LogP contribution in [0.2, 0.25) is 16.6 Å². The Labute approximate surface area is 163 Å². The summed E-state index contributed by atoms with van der Waals surface area (Å²) >= 11 is 2.09. The lowest BCUT2D eigenvalue weighted by Crippen LogP contribution is -2.50. The minimum atomic E-state index is -3.69. The molecule has 0 radical (unpaired) electrons. The van der Waals surface area contributed by atoms with Gasteiger partial charge in [-0.25, -0.2) is 0 Å². The molecule has 0 aromatic heterocycles. The molecule has 1 aliphatic rings. The van der Waals surface area contributed by atoms with E-state index < -0.39 is 14.6 Å². The molecular formula is C18H25F2IO3Si. The second kappa shape index (κ2) is 7.06. The number of rotatable bonds is 6. The van der Waals surface area contributed by atoms with Gasteiger partial charge < -0.3 is 13.9 Å². The molecule has 1 aliphatic heterocycles. The average molecular weight is 482 g/mol. The van der Waals surface area contributed by atoms with Crippen LogP contribution in [-0.4, -0.2) is 14.6 Å². The van der Waals surface area contributed by atoms with Crippen LogP contribution in [0.1, 0.15) is 47.1 Å². The van der Waals surface area contributed by atoms with Crippen LogP contribution < -0.4 is 13.9 Å². The highest BCUT2D eigenvalue weighted by Crippen LogP contribution is 2.54. The molecular weight excluding hydrogens is 457 g/mol. The summed E-state index contributed by atoms with van der Waals surface area (Å²) in [5.74, 6) is 0.335. The van der Waals surface area contributed by atoms with Crippen molar-refractivity contribution < 1.29 is 22.7 Å². The first-order chi connectivity index (χ1) is 11.5. The topological polar surface area (TPSA) is 27.7 Å². The third kappa shape index (κ3) is 3.54. The number of halogens is 3. The van der Waals surface area contributed by atoms with Crippen LogP contribution in [0.3, 0.4) is 0 Å². The minimum Gasteiger partial charge on any atom is -0.539 e. The summed E-state index contributed by atoms with van der Waals surface area (Å²) in [5, 5.41) is 0. The molecule has 0 saturated heterocycles. The summed E-state index contributed by atoms with van der Waals surface area (Å²) < 4.78 is 44.4. The van der Waals surface area contributed by atoms with Gasteiger partial charge in [-0.05, 0) is 45.3 Å². The summed E-state index contributed by atoms with van der Waals surface area (Å²) in [6.07, 6.45) is -2.21. The maximum atomic E-state index is 13.7. The van der Waals surface area contributed by atoms with E-state index >= 15 is 0 Å². The summed E-state index contributed by atoms with van der Waals surface area (Å²) in [6, 6.07) is 1.74. The van der Waals surface area contributed by atoms with Crippen LogP contribution in [0, 0.1) is 3.57 Å². The molecule has 0 N–H and O–H groups in total. The highest BCUT2D eigenvalue weighted by atomic mass is 127. The molecule has 1 aromatic carbocycles. The Hall–Kier alpha value is -0.833. The normalized spacial score (nSPS) is 16.0. The summed E-state index contributed by atoms with van der Waals surface area (Å²) in [4.78, 5) is 0. The molecule has 0 amide bonds. The van der Waals surface area contributed by atoms with Gasteiger partial charge in [-0.15, -0.1) is 8.78 Å². The van der Waals surface area contributed by atoms with Gasteiger partial charge in [0.1, 0.15) is 0 Å². The molecule has 0 aliphatic carbocycles. The SMILES string of the molecule is C=Cc1cc(I)c(O[Si](C(C)C)(C(C)C)C(C)C)c2c1OC(F)(F)O2. The fraction of sp³-hybridized carbons (Fsp3) is 0.556. The second-order valence-corrected chi connectivity index (χ2v) is 13.8. The van der Waals surface area contributed by atoms with E-state index in [2.05, 4.69) is 70.7 Å². The number of benzene rings is 1. The first-order valence-electron chi connectivity index (χ1n) is 8.40. The lowest BCUT2D eigenvalue weighted by atomic mass is 10.2. The fourth-order valence-electron chi connectivity index (χ4n) is 3.84. The predicted molar refractivity (Wildman–Crippen MR) is 107 cm³/mol. The van der Waals surface area contributed by atoms with E-state index in [-0.39, 0.29) is 11.5 Å². The van der Waals surface area contributed by atoms with Crippen LogP contribution in [0.5, 0.6) is 17.2 Å². The van der Waals surface area contributed by atoms with E-state index in [4.69, 9.17) is 13.9 Å². The first kappa shape index (κ1) is 20.5. The van der Waals surface area contributed by atoms with Crippen molar-refractivity contribution in [1.82, 2.24) is 0 Å². The molecule has 0 atom stereocenters. The van der Waals surface area contributed by atoms with Crippen LogP contribution in [0.15, 0.2) is 12.6 Å². The lowest BCUT2D eigenvalue weighted by molar-refractivity contribution is -0.287. The second-order valence-electron chi connectivity index (χ2n) is 7.23. The zero-order valence-electron chi connectivity index (χ0n) is 15.5. The molecule has 2 rings (SSSR count). The Morgan fingerprint density at radius 1 is 1.08 bits per heavy atom. The summed E-state index contributed by atoms with van der Waals surface area (Å²) in [6.45, 7) is 16.5. The van der Waals surface area contributed by atoms with Gasteiger partial charge in [0.2, 0.25) is 5.75 Å². The molecule has 1 aromatic rings. The van der Waals surface area contributed by atoms with Crippen molar-refractivity contribution in [3.05, 3.63) is 21.8 Å². The number of ether oxygens (including phenoxy) is 2. The van der Waals surface area contributed by atoms with E-state index in [1.54, 1.807) is 6.07 Å². The maximum absolute atomic E-state index is 13.7. The van der Waals surface area contributed by atoms with E-state index in [1.807, 2.05) is 0 Å². The molecule has 0 unspecified atom stereocenters. The lowest BCUT2D eigenvalue weighted by Gasteiger charge is -2.42. The van der Waals surface area contributed by atoms with Gasteiger partial charge >= 0.3 is 6.29 Å². The van der Waals surface area contributed by atoms with Crippen molar-refractivity contribution >= 4 is 37.0 Å². The van der Waals surface area contributed by atoms with Crippen molar-refractivity contribution in [3.63, 3.8) is 0 Å². The van der Waals surface area contributed by atoms with Crippen molar-refractivity contribution in [2.75, 3.05) is 0 Å². The van der Waals surface area contributed by atoms with E-state index in [0.717, 1.165) is 0 Å². The number of hydrogen-bond donors (Lipinski definition) is 0. The standard InChI is InChI=1S/C18H25F2IO3Si/c1-8-13-9-14(21)16(17-15(13)22-18(19,20)23-17)24-25(10(2)3,11(4)5)12(6)7/h8-12H,1H2,2-7H3. The zero-order valence-corrected chi connectivity index (χ0v) is 18.6. The molecule has 7 heteroatoms. The molecule has 0 saturated carbocycles. The van der Waals surface area contributed by atoms with Crippen molar-refractivity contribution in [1.29, 1.82) is 0 Å². The quantitative estimate of drug-likeness (QED) is 0.329. The molecule has 140 valence electrons. The van der Waals surface area contributed by atoms with Crippen LogP contribution in [-0.2, 0) is 0 Å². The van der Waals surface area contributed by atoms with Gasteiger partial charge in [0.15, 0.2) is 11.5 Å². The van der Waals surface area contributed by atoms with Gasteiger partial charge in [0, 0.05) is 5.56 Å². The van der Waals surface area contributed by atoms with Gasteiger partial charge in [0.05, 0.1) is 3.57 Å². The van der Waals surface area contributed by atoms with Crippen LogP contribution in [0.25, 0.3) is 6.08 Å². The predicted octanol–water partition coefficient (Wildman–Crippen LogP) is 6.81. The van der Waals surface area contributed by atoms with Gasteiger partial charge in [0.25, 0.3) is 8.32 Å². The maximum Gasteiger partial charge on any atom is 0.586 e. The monoisotopic (exact) mass is 482 g/mol. The third-order valence-corrected chi connectivity index (χ3v) is 11.6. The Bertz CT molecular complexity index is 653. The van der Waals surface area contributed by atoms with Gasteiger partial charge in [-0.2, -0.15) is 0 Å². The number of fused-ring (bicyclic) bond motifs is 1. The molecule has 1 heterocycles. The Balaban J connectivity index is 2.64. The molecule has 0 fully saturated rings. The van der Waals surface area contributed by atoms with Crippen LogP contribution in [0.4, 0.5) is 8.78 Å². The van der Waals surface area contributed by atoms with Crippen molar-refractivity contribution in [2.45, 2.75) is 64.5 Å². The smallest absolute Gasteiger partial charge is 0.539 e. The molecule has 3 nitrogen and oxygen atoms in total.